The Morgan fingerprint density at radius 2 is 2.35 bits per heavy atom. The zero-order valence-corrected chi connectivity index (χ0v) is 11.4. The Morgan fingerprint density at radius 1 is 1.50 bits per heavy atom. The monoisotopic (exact) mass is 274 g/mol. The molecule has 0 saturated heterocycles. The van der Waals surface area contributed by atoms with E-state index >= 15 is 0 Å². The van der Waals surface area contributed by atoms with E-state index in [2.05, 4.69) is 10.4 Å². The highest BCUT2D eigenvalue weighted by molar-refractivity contribution is 5.75. The van der Waals surface area contributed by atoms with E-state index in [0.29, 0.717) is 12.3 Å². The number of carbonyl (C=O) groups excluding carboxylic acids is 1. The van der Waals surface area contributed by atoms with E-state index in [0.717, 1.165) is 17.8 Å². The molecule has 0 saturated carbocycles. The summed E-state index contributed by atoms with van der Waals surface area (Å²) in [6.45, 7) is 3.46. The molecule has 0 spiro atoms. The molecule has 0 aliphatic rings. The smallest absolute Gasteiger partial charge is 0.255 e. The minimum absolute atomic E-state index is 0.118. The first-order valence-corrected chi connectivity index (χ1v) is 6.43. The van der Waals surface area contributed by atoms with Crippen molar-refractivity contribution in [3.8, 4) is 5.75 Å². The lowest BCUT2D eigenvalue weighted by atomic mass is 10.3. The van der Waals surface area contributed by atoms with Crippen LogP contribution in [0.3, 0.4) is 0 Å². The SMILES string of the molecule is CCn1cc(CNc2cccc(OCC(N)=O)c2)cn1. The molecular weight excluding hydrogens is 256 g/mol. The summed E-state index contributed by atoms with van der Waals surface area (Å²) in [5, 5.41) is 7.49. The zero-order valence-electron chi connectivity index (χ0n) is 11.4. The normalized spacial score (nSPS) is 10.2. The van der Waals surface area contributed by atoms with Crippen molar-refractivity contribution < 1.29 is 9.53 Å². The number of aromatic nitrogens is 2. The van der Waals surface area contributed by atoms with E-state index in [9.17, 15) is 4.79 Å². The molecule has 1 aromatic carbocycles. The van der Waals surface area contributed by atoms with Crippen LogP contribution in [0.25, 0.3) is 0 Å². The minimum atomic E-state index is -0.490. The fraction of sp³-hybridized carbons (Fsp3) is 0.286. The fourth-order valence-electron chi connectivity index (χ4n) is 1.73. The molecule has 20 heavy (non-hydrogen) atoms. The molecule has 0 aliphatic carbocycles. The van der Waals surface area contributed by atoms with Crippen LogP contribution in [0.5, 0.6) is 5.75 Å². The van der Waals surface area contributed by atoms with Gasteiger partial charge in [-0.05, 0) is 19.1 Å². The number of nitrogens with zero attached hydrogens (tertiary/aromatic N) is 2. The summed E-state index contributed by atoms with van der Waals surface area (Å²) < 4.78 is 7.13. The molecular formula is C14H18N4O2. The number of carbonyl (C=O) groups is 1. The van der Waals surface area contributed by atoms with E-state index in [4.69, 9.17) is 10.5 Å². The van der Waals surface area contributed by atoms with Crippen LogP contribution in [-0.2, 0) is 17.9 Å². The highest BCUT2D eigenvalue weighted by atomic mass is 16.5. The van der Waals surface area contributed by atoms with Crippen molar-refractivity contribution in [1.82, 2.24) is 9.78 Å². The van der Waals surface area contributed by atoms with E-state index < -0.39 is 5.91 Å². The summed E-state index contributed by atoms with van der Waals surface area (Å²) in [5.41, 5.74) is 7.06. The van der Waals surface area contributed by atoms with Crippen molar-refractivity contribution >= 4 is 11.6 Å². The third kappa shape index (κ3) is 4.01. The number of amides is 1. The second kappa shape index (κ2) is 6.60. The van der Waals surface area contributed by atoms with Crippen molar-refractivity contribution in [2.75, 3.05) is 11.9 Å². The predicted octanol–water partition coefficient (Wildman–Crippen LogP) is 1.38. The maximum absolute atomic E-state index is 10.7. The molecule has 106 valence electrons. The fourth-order valence-corrected chi connectivity index (χ4v) is 1.73. The third-order valence-corrected chi connectivity index (χ3v) is 2.72. The summed E-state index contributed by atoms with van der Waals surface area (Å²) >= 11 is 0. The maximum atomic E-state index is 10.7. The molecule has 6 heteroatoms. The lowest BCUT2D eigenvalue weighted by Crippen LogP contribution is -2.20. The lowest BCUT2D eigenvalue weighted by molar-refractivity contribution is -0.119. The summed E-state index contributed by atoms with van der Waals surface area (Å²) in [7, 11) is 0. The molecule has 2 aromatic rings. The van der Waals surface area contributed by atoms with Crippen molar-refractivity contribution in [3.05, 3.63) is 42.2 Å². The van der Waals surface area contributed by atoms with Gasteiger partial charge in [-0.1, -0.05) is 6.07 Å². The number of nitrogens with one attached hydrogen (secondary N) is 1. The summed E-state index contributed by atoms with van der Waals surface area (Å²) in [5.74, 6) is 0.119. The van der Waals surface area contributed by atoms with Gasteiger partial charge in [0.2, 0.25) is 0 Å². The Labute approximate surface area is 117 Å². The third-order valence-electron chi connectivity index (χ3n) is 2.72. The summed E-state index contributed by atoms with van der Waals surface area (Å²) in [6, 6.07) is 7.39. The minimum Gasteiger partial charge on any atom is -0.484 e. The van der Waals surface area contributed by atoms with Crippen molar-refractivity contribution in [1.29, 1.82) is 0 Å². The first kappa shape index (κ1) is 13.9. The second-order valence-electron chi connectivity index (χ2n) is 4.34. The molecule has 0 radical (unpaired) electrons. The Bertz CT molecular complexity index is 580. The number of primary amides is 1. The van der Waals surface area contributed by atoms with Crippen molar-refractivity contribution in [2.24, 2.45) is 5.73 Å². The number of aryl methyl sites for hydroxylation is 1. The van der Waals surface area contributed by atoms with Gasteiger partial charge in [0.15, 0.2) is 6.61 Å². The Hall–Kier alpha value is -2.50. The van der Waals surface area contributed by atoms with E-state index in [-0.39, 0.29) is 6.61 Å². The Kier molecular flexibility index (Phi) is 4.60. The predicted molar refractivity (Wildman–Crippen MR) is 76.4 cm³/mol. The van der Waals surface area contributed by atoms with Gasteiger partial charge in [-0.15, -0.1) is 0 Å². The number of benzene rings is 1. The number of nitrogens with two attached hydrogens (primary N) is 1. The molecule has 2 rings (SSSR count). The molecule has 1 aromatic heterocycles. The van der Waals surface area contributed by atoms with Gasteiger partial charge in [-0.25, -0.2) is 0 Å². The van der Waals surface area contributed by atoms with Crippen LogP contribution in [0.2, 0.25) is 0 Å². The number of hydrogen-bond donors (Lipinski definition) is 2. The van der Waals surface area contributed by atoms with Crippen LogP contribution in [0, 0.1) is 0 Å². The molecule has 0 aliphatic heterocycles. The van der Waals surface area contributed by atoms with Gasteiger partial charge in [0, 0.05) is 36.6 Å². The highest BCUT2D eigenvalue weighted by Gasteiger charge is 2.01. The maximum Gasteiger partial charge on any atom is 0.255 e. The van der Waals surface area contributed by atoms with Crippen molar-refractivity contribution in [2.45, 2.75) is 20.0 Å². The molecule has 1 heterocycles. The molecule has 3 N–H and O–H groups in total. The van der Waals surface area contributed by atoms with Gasteiger partial charge in [0.25, 0.3) is 5.91 Å². The molecule has 0 atom stereocenters. The molecule has 0 bridgehead atoms. The van der Waals surface area contributed by atoms with Crippen molar-refractivity contribution in [3.63, 3.8) is 0 Å². The van der Waals surface area contributed by atoms with E-state index in [1.807, 2.05) is 42.2 Å². The number of hydrogen-bond acceptors (Lipinski definition) is 4. The van der Waals surface area contributed by atoms with Crippen LogP contribution >= 0.6 is 0 Å². The lowest BCUT2D eigenvalue weighted by Gasteiger charge is -2.08. The first-order chi connectivity index (χ1) is 9.67. The average Bonchev–Trinajstić information content (AvgIpc) is 2.91. The Balaban J connectivity index is 1.92. The van der Waals surface area contributed by atoms with Gasteiger partial charge >= 0.3 is 0 Å². The average molecular weight is 274 g/mol. The first-order valence-electron chi connectivity index (χ1n) is 6.43. The molecule has 0 fully saturated rings. The van der Waals surface area contributed by atoms with Gasteiger partial charge < -0.3 is 15.8 Å². The standard InChI is InChI=1S/C14H18N4O2/c1-2-18-9-11(8-17-18)7-16-12-4-3-5-13(6-12)20-10-14(15)19/h3-6,8-9,16H,2,7,10H2,1H3,(H2,15,19). The van der Waals surface area contributed by atoms with E-state index in [1.165, 1.54) is 0 Å². The highest BCUT2D eigenvalue weighted by Crippen LogP contribution is 2.17. The van der Waals surface area contributed by atoms with E-state index in [1.54, 1.807) is 6.07 Å². The topological polar surface area (TPSA) is 82.2 Å². The molecule has 0 unspecified atom stereocenters. The molecule has 6 nitrogen and oxygen atoms in total. The molecule has 1 amide bonds. The van der Waals surface area contributed by atoms with Gasteiger partial charge in [-0.3, -0.25) is 9.48 Å². The van der Waals surface area contributed by atoms with Gasteiger partial charge in [-0.2, -0.15) is 5.10 Å². The number of ether oxygens (including phenoxy) is 1. The van der Waals surface area contributed by atoms with Crippen LogP contribution in [0.4, 0.5) is 5.69 Å². The van der Waals surface area contributed by atoms with Gasteiger partial charge in [0.1, 0.15) is 5.75 Å². The number of anilines is 1. The largest absolute Gasteiger partial charge is 0.484 e. The van der Waals surface area contributed by atoms with Gasteiger partial charge in [0.05, 0.1) is 6.20 Å². The van der Waals surface area contributed by atoms with Crippen LogP contribution in [-0.4, -0.2) is 22.3 Å². The summed E-state index contributed by atoms with van der Waals surface area (Å²) in [6.07, 6.45) is 3.84. The quantitative estimate of drug-likeness (QED) is 0.799. The van der Waals surface area contributed by atoms with Crippen LogP contribution < -0.4 is 15.8 Å². The summed E-state index contributed by atoms with van der Waals surface area (Å²) in [4.78, 5) is 10.7. The Morgan fingerprint density at radius 3 is 3.05 bits per heavy atom. The van der Waals surface area contributed by atoms with Crippen LogP contribution in [0.15, 0.2) is 36.7 Å². The van der Waals surface area contributed by atoms with Crippen LogP contribution in [0.1, 0.15) is 12.5 Å². The number of rotatable bonds is 7. The second-order valence-corrected chi connectivity index (χ2v) is 4.34. The zero-order chi connectivity index (χ0) is 14.4.